The summed E-state index contributed by atoms with van der Waals surface area (Å²) in [6, 6.07) is 11.8. The van der Waals surface area contributed by atoms with Gasteiger partial charge in [0.2, 0.25) is 5.91 Å². The second-order valence-corrected chi connectivity index (χ2v) is 8.19. The van der Waals surface area contributed by atoms with Gasteiger partial charge in [0, 0.05) is 17.8 Å². The van der Waals surface area contributed by atoms with Crippen LogP contribution in [0.2, 0.25) is 0 Å². The fraction of sp³-hybridized carbons (Fsp3) is 0.350. The number of sulfonamides is 1. The number of nitrogens with one attached hydrogen (secondary N) is 2. The van der Waals surface area contributed by atoms with Crippen LogP contribution in [0.3, 0.4) is 0 Å². The van der Waals surface area contributed by atoms with Crippen LogP contribution in [0.15, 0.2) is 47.4 Å². The molecule has 2 aromatic carbocycles. The lowest BCUT2D eigenvalue weighted by Gasteiger charge is -2.11. The normalized spacial score (nSPS) is 11.2. The van der Waals surface area contributed by atoms with Crippen molar-refractivity contribution >= 4 is 27.3 Å². The molecule has 26 heavy (non-hydrogen) atoms. The minimum Gasteiger partial charge on any atom is -0.326 e. The summed E-state index contributed by atoms with van der Waals surface area (Å²) < 4.78 is 27.7. The Kier molecular flexibility index (Phi) is 6.80. The Morgan fingerprint density at radius 3 is 2.12 bits per heavy atom. The molecule has 6 heteroatoms. The van der Waals surface area contributed by atoms with Crippen LogP contribution in [0, 0.1) is 13.8 Å². The standard InChI is InChI=1S/C20H26N2O3S/c1-4-5-6-7-20(23)21-17-8-10-19(11-9-17)26(24,25)22-18-13-15(2)12-16(3)14-18/h8-14,22H,4-7H2,1-3H3,(H,21,23). The summed E-state index contributed by atoms with van der Waals surface area (Å²) in [5, 5.41) is 2.79. The Morgan fingerprint density at radius 1 is 0.923 bits per heavy atom. The minimum atomic E-state index is -3.67. The third-order valence-corrected chi connectivity index (χ3v) is 5.33. The molecule has 0 aliphatic carbocycles. The number of hydrogen-bond donors (Lipinski definition) is 2. The van der Waals surface area contributed by atoms with Crippen molar-refractivity contribution in [3.8, 4) is 0 Å². The van der Waals surface area contributed by atoms with E-state index in [4.69, 9.17) is 0 Å². The van der Waals surface area contributed by atoms with E-state index in [2.05, 4.69) is 17.0 Å². The van der Waals surface area contributed by atoms with Crippen molar-refractivity contribution in [2.45, 2.75) is 51.3 Å². The van der Waals surface area contributed by atoms with Gasteiger partial charge in [-0.3, -0.25) is 9.52 Å². The zero-order valence-electron chi connectivity index (χ0n) is 15.5. The second-order valence-electron chi connectivity index (χ2n) is 6.51. The predicted molar refractivity (Wildman–Crippen MR) is 106 cm³/mol. The molecule has 0 aromatic heterocycles. The first kappa shape index (κ1) is 20.0. The van der Waals surface area contributed by atoms with Gasteiger partial charge in [0.25, 0.3) is 10.0 Å². The predicted octanol–water partition coefficient (Wildman–Crippen LogP) is 4.62. The molecule has 0 aliphatic heterocycles. The molecule has 2 rings (SSSR count). The van der Waals surface area contributed by atoms with Crippen molar-refractivity contribution in [3.05, 3.63) is 53.6 Å². The third kappa shape index (κ3) is 5.88. The number of unbranched alkanes of at least 4 members (excludes halogenated alkanes) is 2. The molecule has 1 amide bonds. The highest BCUT2D eigenvalue weighted by atomic mass is 32.2. The SMILES string of the molecule is CCCCCC(=O)Nc1ccc(S(=O)(=O)Nc2cc(C)cc(C)c2)cc1. The molecule has 0 atom stereocenters. The van der Waals surface area contributed by atoms with Crippen molar-refractivity contribution in [3.63, 3.8) is 0 Å². The molecule has 0 unspecified atom stereocenters. The summed E-state index contributed by atoms with van der Waals surface area (Å²) in [5.41, 5.74) is 3.11. The Morgan fingerprint density at radius 2 is 1.54 bits per heavy atom. The summed E-state index contributed by atoms with van der Waals surface area (Å²) in [6.07, 6.45) is 3.42. The molecule has 0 heterocycles. The fourth-order valence-corrected chi connectivity index (χ4v) is 3.76. The van der Waals surface area contributed by atoms with E-state index in [9.17, 15) is 13.2 Å². The first-order chi connectivity index (χ1) is 12.3. The first-order valence-corrected chi connectivity index (χ1v) is 10.3. The maximum absolute atomic E-state index is 12.5. The molecular formula is C20H26N2O3S. The molecule has 0 aliphatic rings. The number of rotatable bonds is 8. The maximum atomic E-state index is 12.5. The van der Waals surface area contributed by atoms with Crippen molar-refractivity contribution in [1.29, 1.82) is 0 Å². The van der Waals surface area contributed by atoms with Gasteiger partial charge in [0.15, 0.2) is 0 Å². The molecule has 0 fully saturated rings. The summed E-state index contributed by atoms with van der Waals surface area (Å²) in [5.74, 6) is -0.0533. The molecule has 2 aromatic rings. The quantitative estimate of drug-likeness (QED) is 0.662. The van der Waals surface area contributed by atoms with Gasteiger partial charge in [-0.05, 0) is 67.8 Å². The van der Waals surface area contributed by atoms with E-state index in [1.54, 1.807) is 24.3 Å². The van der Waals surface area contributed by atoms with E-state index in [-0.39, 0.29) is 10.8 Å². The van der Waals surface area contributed by atoms with Crippen LogP contribution in [-0.2, 0) is 14.8 Å². The van der Waals surface area contributed by atoms with Gasteiger partial charge in [0.05, 0.1) is 4.90 Å². The number of carbonyl (C=O) groups excluding carboxylic acids is 1. The Hall–Kier alpha value is -2.34. The van der Waals surface area contributed by atoms with Gasteiger partial charge in [-0.2, -0.15) is 0 Å². The summed E-state index contributed by atoms with van der Waals surface area (Å²) in [6.45, 7) is 5.93. The molecule has 140 valence electrons. The van der Waals surface area contributed by atoms with E-state index in [1.165, 1.54) is 12.1 Å². The van der Waals surface area contributed by atoms with Crippen LogP contribution in [-0.4, -0.2) is 14.3 Å². The largest absolute Gasteiger partial charge is 0.326 e. The average molecular weight is 375 g/mol. The number of amides is 1. The van der Waals surface area contributed by atoms with E-state index in [0.717, 1.165) is 30.4 Å². The van der Waals surface area contributed by atoms with Crippen LogP contribution in [0.4, 0.5) is 11.4 Å². The van der Waals surface area contributed by atoms with Crippen molar-refractivity contribution in [1.82, 2.24) is 0 Å². The topological polar surface area (TPSA) is 75.3 Å². The van der Waals surface area contributed by atoms with E-state index in [0.29, 0.717) is 17.8 Å². The van der Waals surface area contributed by atoms with Crippen molar-refractivity contribution in [2.24, 2.45) is 0 Å². The van der Waals surface area contributed by atoms with Gasteiger partial charge in [-0.1, -0.05) is 25.8 Å². The first-order valence-electron chi connectivity index (χ1n) is 8.81. The van der Waals surface area contributed by atoms with E-state index < -0.39 is 10.0 Å². The zero-order chi connectivity index (χ0) is 19.2. The maximum Gasteiger partial charge on any atom is 0.261 e. The lowest BCUT2D eigenvalue weighted by molar-refractivity contribution is -0.116. The molecule has 0 spiro atoms. The molecule has 0 radical (unpaired) electrons. The van der Waals surface area contributed by atoms with Crippen molar-refractivity contribution < 1.29 is 13.2 Å². The van der Waals surface area contributed by atoms with Crippen LogP contribution in [0.25, 0.3) is 0 Å². The molecule has 2 N–H and O–H groups in total. The van der Waals surface area contributed by atoms with Crippen molar-refractivity contribution in [2.75, 3.05) is 10.0 Å². The number of anilines is 2. The molecule has 0 saturated heterocycles. The summed E-state index contributed by atoms with van der Waals surface area (Å²) in [4.78, 5) is 12.0. The molecular weight excluding hydrogens is 348 g/mol. The van der Waals surface area contributed by atoms with Gasteiger partial charge in [0.1, 0.15) is 0 Å². The number of benzene rings is 2. The number of hydrogen-bond acceptors (Lipinski definition) is 3. The number of aryl methyl sites for hydroxylation is 2. The summed E-state index contributed by atoms with van der Waals surface area (Å²) in [7, 11) is -3.67. The highest BCUT2D eigenvalue weighted by Gasteiger charge is 2.14. The van der Waals surface area contributed by atoms with Crippen LogP contribution >= 0.6 is 0 Å². The lowest BCUT2D eigenvalue weighted by atomic mass is 10.1. The molecule has 0 bridgehead atoms. The van der Waals surface area contributed by atoms with Crippen LogP contribution in [0.5, 0.6) is 0 Å². The molecule has 5 nitrogen and oxygen atoms in total. The Bertz CT molecular complexity index is 839. The minimum absolute atomic E-state index is 0.0533. The smallest absolute Gasteiger partial charge is 0.261 e. The van der Waals surface area contributed by atoms with E-state index in [1.807, 2.05) is 19.9 Å². The van der Waals surface area contributed by atoms with Gasteiger partial charge in [-0.15, -0.1) is 0 Å². The average Bonchev–Trinajstić information content (AvgIpc) is 2.54. The zero-order valence-corrected chi connectivity index (χ0v) is 16.3. The Balaban J connectivity index is 2.05. The lowest BCUT2D eigenvalue weighted by Crippen LogP contribution is -2.14. The molecule has 0 saturated carbocycles. The summed E-state index contributed by atoms with van der Waals surface area (Å²) >= 11 is 0. The van der Waals surface area contributed by atoms with Crippen LogP contribution in [0.1, 0.15) is 43.7 Å². The number of carbonyl (C=O) groups is 1. The van der Waals surface area contributed by atoms with Crippen LogP contribution < -0.4 is 10.0 Å². The third-order valence-electron chi connectivity index (χ3n) is 3.93. The Labute approximate surface area is 155 Å². The highest BCUT2D eigenvalue weighted by Crippen LogP contribution is 2.20. The van der Waals surface area contributed by atoms with Gasteiger partial charge in [-0.25, -0.2) is 8.42 Å². The highest BCUT2D eigenvalue weighted by molar-refractivity contribution is 7.92. The monoisotopic (exact) mass is 374 g/mol. The fourth-order valence-electron chi connectivity index (χ4n) is 2.72. The van der Waals surface area contributed by atoms with Gasteiger partial charge < -0.3 is 5.32 Å². The van der Waals surface area contributed by atoms with Gasteiger partial charge >= 0.3 is 0 Å². The van der Waals surface area contributed by atoms with E-state index >= 15 is 0 Å². The second kappa shape index (κ2) is 8.85.